The summed E-state index contributed by atoms with van der Waals surface area (Å²) in [6.07, 6.45) is 0.563. The van der Waals surface area contributed by atoms with Gasteiger partial charge in [-0.1, -0.05) is 12.1 Å². The fraction of sp³-hybridized carbons (Fsp3) is 0.222. The van der Waals surface area contributed by atoms with Gasteiger partial charge in [0.2, 0.25) is 0 Å². The van der Waals surface area contributed by atoms with Crippen LogP contribution in [0.3, 0.4) is 0 Å². The fourth-order valence-electron chi connectivity index (χ4n) is 2.90. The van der Waals surface area contributed by atoms with Crippen LogP contribution in [-0.2, 0) is 0 Å². The second-order valence-corrected chi connectivity index (χ2v) is 5.77. The number of amides is 1. The molecule has 0 saturated carbocycles. The number of carboxylic acids is 1. The number of nitrogen functional groups attached to an aromatic ring is 1. The molecule has 1 atom stereocenters. The second-order valence-electron chi connectivity index (χ2n) is 5.77. The van der Waals surface area contributed by atoms with Crippen LogP contribution in [-0.4, -0.2) is 23.6 Å². The van der Waals surface area contributed by atoms with Crippen molar-refractivity contribution in [1.82, 2.24) is 5.32 Å². The average Bonchev–Trinajstić information content (AvgIpc) is 2.55. The lowest BCUT2D eigenvalue weighted by atomic mass is 9.95. The molecular formula is C18H18N2O4. The van der Waals surface area contributed by atoms with Gasteiger partial charge in [0.05, 0.1) is 23.8 Å². The smallest absolute Gasteiger partial charge is 0.335 e. The number of fused-ring (bicyclic) bond motifs is 1. The zero-order chi connectivity index (χ0) is 17.3. The molecule has 3 rings (SSSR count). The quantitative estimate of drug-likeness (QED) is 0.752. The Morgan fingerprint density at radius 2 is 2.04 bits per heavy atom. The zero-order valence-corrected chi connectivity index (χ0v) is 13.2. The molecule has 1 amide bonds. The van der Waals surface area contributed by atoms with Crippen molar-refractivity contribution in [2.45, 2.75) is 19.4 Å². The molecule has 2 aromatic rings. The zero-order valence-electron chi connectivity index (χ0n) is 13.2. The largest absolute Gasteiger partial charge is 0.493 e. The Hall–Kier alpha value is -3.02. The molecule has 124 valence electrons. The molecule has 0 bridgehead atoms. The SMILES string of the molecule is Cc1cc(C(=O)O)cc2c1OCC[C@H]2NC(=O)c1ccccc1N. The molecule has 4 N–H and O–H groups in total. The van der Waals surface area contributed by atoms with E-state index < -0.39 is 5.97 Å². The monoisotopic (exact) mass is 326 g/mol. The summed E-state index contributed by atoms with van der Waals surface area (Å²) in [5.74, 6) is -0.661. The first-order valence-corrected chi connectivity index (χ1v) is 7.63. The molecule has 0 unspecified atom stereocenters. The van der Waals surface area contributed by atoms with Crippen LogP contribution in [0.1, 0.15) is 44.3 Å². The number of hydrogen-bond acceptors (Lipinski definition) is 4. The maximum Gasteiger partial charge on any atom is 0.335 e. The highest BCUT2D eigenvalue weighted by molar-refractivity contribution is 5.99. The number of aryl methyl sites for hydroxylation is 1. The van der Waals surface area contributed by atoms with Crippen molar-refractivity contribution in [2.75, 3.05) is 12.3 Å². The number of benzene rings is 2. The van der Waals surface area contributed by atoms with Crippen molar-refractivity contribution in [3.63, 3.8) is 0 Å². The molecule has 2 aromatic carbocycles. The number of rotatable bonds is 3. The number of carbonyl (C=O) groups is 2. The van der Waals surface area contributed by atoms with Gasteiger partial charge in [-0.3, -0.25) is 4.79 Å². The van der Waals surface area contributed by atoms with E-state index in [1.54, 1.807) is 43.3 Å². The lowest BCUT2D eigenvalue weighted by molar-refractivity contribution is 0.0696. The molecule has 0 aliphatic carbocycles. The molecule has 1 heterocycles. The molecular weight excluding hydrogens is 308 g/mol. The number of aromatic carboxylic acids is 1. The molecule has 0 radical (unpaired) electrons. The van der Waals surface area contributed by atoms with Gasteiger partial charge in [0, 0.05) is 17.7 Å². The Morgan fingerprint density at radius 3 is 2.75 bits per heavy atom. The van der Waals surface area contributed by atoms with Crippen molar-refractivity contribution in [2.24, 2.45) is 0 Å². The highest BCUT2D eigenvalue weighted by Crippen LogP contribution is 2.36. The maximum atomic E-state index is 12.5. The second kappa shape index (κ2) is 6.23. The van der Waals surface area contributed by atoms with E-state index in [4.69, 9.17) is 10.5 Å². The van der Waals surface area contributed by atoms with Crippen LogP contribution in [0, 0.1) is 6.92 Å². The highest BCUT2D eigenvalue weighted by Gasteiger charge is 2.26. The summed E-state index contributed by atoms with van der Waals surface area (Å²) < 4.78 is 5.66. The molecule has 0 fully saturated rings. The lowest BCUT2D eigenvalue weighted by Crippen LogP contribution is -2.33. The average molecular weight is 326 g/mol. The van der Waals surface area contributed by atoms with Gasteiger partial charge < -0.3 is 20.9 Å². The number of para-hydroxylation sites is 1. The number of anilines is 1. The topological polar surface area (TPSA) is 102 Å². The fourth-order valence-corrected chi connectivity index (χ4v) is 2.90. The minimum absolute atomic E-state index is 0.176. The Kier molecular flexibility index (Phi) is 4.12. The number of ether oxygens (including phenoxy) is 1. The number of hydrogen-bond donors (Lipinski definition) is 3. The van der Waals surface area contributed by atoms with Crippen LogP contribution < -0.4 is 15.8 Å². The third-order valence-electron chi connectivity index (χ3n) is 4.09. The third kappa shape index (κ3) is 2.90. The van der Waals surface area contributed by atoms with Crippen LogP contribution in [0.4, 0.5) is 5.69 Å². The molecule has 0 saturated heterocycles. The van der Waals surface area contributed by atoms with Gasteiger partial charge in [-0.25, -0.2) is 4.79 Å². The van der Waals surface area contributed by atoms with E-state index in [0.717, 1.165) is 5.56 Å². The summed E-state index contributed by atoms with van der Waals surface area (Å²) in [6, 6.07) is 9.64. The standard InChI is InChI=1S/C18H18N2O4/c1-10-8-11(18(22)23)9-13-15(6-7-24-16(10)13)20-17(21)12-4-2-3-5-14(12)19/h2-5,8-9,15H,6-7,19H2,1H3,(H,20,21)(H,22,23)/t15-/m1/s1. The van der Waals surface area contributed by atoms with Crippen LogP contribution in [0.25, 0.3) is 0 Å². The minimum Gasteiger partial charge on any atom is -0.493 e. The summed E-state index contributed by atoms with van der Waals surface area (Å²) in [6.45, 7) is 2.25. The van der Waals surface area contributed by atoms with Gasteiger partial charge in [0.1, 0.15) is 5.75 Å². The van der Waals surface area contributed by atoms with E-state index in [0.29, 0.717) is 35.6 Å². The highest BCUT2D eigenvalue weighted by atomic mass is 16.5. The summed E-state index contributed by atoms with van der Waals surface area (Å²) in [5.41, 5.74) is 8.24. The molecule has 6 nitrogen and oxygen atoms in total. The summed E-state index contributed by atoms with van der Waals surface area (Å²) >= 11 is 0. The van der Waals surface area contributed by atoms with Gasteiger partial charge in [-0.2, -0.15) is 0 Å². The molecule has 0 spiro atoms. The van der Waals surface area contributed by atoms with E-state index >= 15 is 0 Å². The van der Waals surface area contributed by atoms with Crippen LogP contribution in [0.15, 0.2) is 36.4 Å². The number of nitrogens with one attached hydrogen (secondary N) is 1. The lowest BCUT2D eigenvalue weighted by Gasteiger charge is -2.28. The number of nitrogens with two attached hydrogens (primary N) is 1. The van der Waals surface area contributed by atoms with Crippen molar-refractivity contribution in [3.8, 4) is 5.75 Å². The Morgan fingerprint density at radius 1 is 1.29 bits per heavy atom. The van der Waals surface area contributed by atoms with Gasteiger partial charge in [-0.05, 0) is 36.8 Å². The minimum atomic E-state index is -1.01. The van der Waals surface area contributed by atoms with E-state index in [2.05, 4.69) is 5.32 Å². The Bertz CT molecular complexity index is 817. The third-order valence-corrected chi connectivity index (χ3v) is 4.09. The van der Waals surface area contributed by atoms with Crippen LogP contribution in [0.5, 0.6) is 5.75 Å². The molecule has 6 heteroatoms. The normalized spacial score (nSPS) is 16.0. The van der Waals surface area contributed by atoms with Gasteiger partial charge >= 0.3 is 5.97 Å². The van der Waals surface area contributed by atoms with Crippen LogP contribution in [0.2, 0.25) is 0 Å². The van der Waals surface area contributed by atoms with Gasteiger partial charge in [-0.15, -0.1) is 0 Å². The van der Waals surface area contributed by atoms with Gasteiger partial charge in [0.25, 0.3) is 5.91 Å². The predicted octanol–water partition coefficient (Wildman–Crippen LogP) is 2.53. The first kappa shape index (κ1) is 15.9. The van der Waals surface area contributed by atoms with Crippen molar-refractivity contribution >= 4 is 17.6 Å². The van der Waals surface area contributed by atoms with Gasteiger partial charge in [0.15, 0.2) is 0 Å². The number of carboxylic acid groups (broad SMARTS) is 1. The van der Waals surface area contributed by atoms with Crippen molar-refractivity contribution < 1.29 is 19.4 Å². The van der Waals surface area contributed by atoms with Crippen molar-refractivity contribution in [1.29, 1.82) is 0 Å². The summed E-state index contributed by atoms with van der Waals surface area (Å²) in [4.78, 5) is 23.8. The van der Waals surface area contributed by atoms with E-state index in [-0.39, 0.29) is 17.5 Å². The van der Waals surface area contributed by atoms with E-state index in [9.17, 15) is 14.7 Å². The first-order valence-electron chi connectivity index (χ1n) is 7.63. The molecule has 1 aliphatic rings. The Balaban J connectivity index is 1.93. The molecule has 24 heavy (non-hydrogen) atoms. The summed E-state index contributed by atoms with van der Waals surface area (Å²) in [7, 11) is 0. The van der Waals surface area contributed by atoms with Crippen molar-refractivity contribution in [3.05, 3.63) is 58.7 Å². The van der Waals surface area contributed by atoms with Crippen LogP contribution >= 0.6 is 0 Å². The Labute approximate surface area is 139 Å². The molecule has 0 aromatic heterocycles. The summed E-state index contributed by atoms with van der Waals surface area (Å²) in [5, 5.41) is 12.2. The van der Waals surface area contributed by atoms with E-state index in [1.165, 1.54) is 0 Å². The molecule has 1 aliphatic heterocycles. The van der Waals surface area contributed by atoms with E-state index in [1.807, 2.05) is 0 Å². The maximum absolute atomic E-state index is 12.5. The first-order chi connectivity index (χ1) is 11.5. The number of carbonyl (C=O) groups excluding carboxylic acids is 1. The predicted molar refractivity (Wildman–Crippen MR) is 89.3 cm³/mol.